The largest absolute Gasteiger partial charge is 0.494 e. The van der Waals surface area contributed by atoms with Gasteiger partial charge in [-0.05, 0) is 6.07 Å². The molecule has 1 aromatic carbocycles. The lowest BCUT2D eigenvalue weighted by molar-refractivity contribution is -0.384. The number of methoxy groups -OCH3 is 1. The summed E-state index contributed by atoms with van der Waals surface area (Å²) in [5, 5.41) is 19.4. The third-order valence-corrected chi connectivity index (χ3v) is 2.01. The molecule has 0 aliphatic heterocycles. The van der Waals surface area contributed by atoms with Crippen molar-refractivity contribution in [3.8, 4) is 5.75 Å². The number of rotatable bonds is 7. The van der Waals surface area contributed by atoms with E-state index in [2.05, 4.69) is 15.1 Å². The Bertz CT molecular complexity index is 491. The maximum Gasteiger partial charge on any atom is 0.294 e. The van der Waals surface area contributed by atoms with E-state index in [9.17, 15) is 14.9 Å². The Hall–Kier alpha value is -2.71. The van der Waals surface area contributed by atoms with Gasteiger partial charge in [-0.3, -0.25) is 14.9 Å². The van der Waals surface area contributed by atoms with Crippen LogP contribution in [-0.4, -0.2) is 37.3 Å². The minimum Gasteiger partial charge on any atom is -0.494 e. The van der Waals surface area contributed by atoms with Crippen molar-refractivity contribution in [2.45, 2.75) is 0 Å². The second-order valence-electron chi connectivity index (χ2n) is 3.35. The zero-order chi connectivity index (χ0) is 14.3. The molecular formula is C10H12N4O5. The summed E-state index contributed by atoms with van der Waals surface area (Å²) in [6.45, 7) is 0.199. The molecule has 0 fully saturated rings. The van der Waals surface area contributed by atoms with Crippen LogP contribution >= 0.6 is 0 Å². The van der Waals surface area contributed by atoms with E-state index in [-0.39, 0.29) is 24.6 Å². The molecule has 0 N–H and O–H groups in total. The van der Waals surface area contributed by atoms with Crippen molar-refractivity contribution >= 4 is 17.8 Å². The Balaban J connectivity index is 2.91. The van der Waals surface area contributed by atoms with Crippen LogP contribution in [0.15, 0.2) is 28.5 Å². The minimum atomic E-state index is -0.544. The van der Waals surface area contributed by atoms with Crippen molar-refractivity contribution in [1.82, 2.24) is 5.01 Å². The van der Waals surface area contributed by atoms with Gasteiger partial charge in [-0.25, -0.2) is 5.01 Å². The Labute approximate surface area is 108 Å². The number of carbonyl (C=O) groups excluding carboxylic acids is 1. The van der Waals surface area contributed by atoms with E-state index in [1.54, 1.807) is 0 Å². The summed E-state index contributed by atoms with van der Waals surface area (Å²) in [4.78, 5) is 20.1. The van der Waals surface area contributed by atoms with Crippen molar-refractivity contribution in [2.75, 3.05) is 20.9 Å². The van der Waals surface area contributed by atoms with E-state index in [4.69, 9.17) is 4.74 Å². The van der Waals surface area contributed by atoms with Crippen LogP contribution in [0.4, 0.5) is 11.4 Å². The minimum absolute atomic E-state index is 0.0791. The summed E-state index contributed by atoms with van der Waals surface area (Å²) in [5.41, 5.74) is 0.0798. The van der Waals surface area contributed by atoms with Gasteiger partial charge in [0, 0.05) is 19.2 Å². The number of hydrogen-bond donors (Lipinski definition) is 0. The number of nitro groups is 1. The Morgan fingerprint density at radius 1 is 1.53 bits per heavy atom. The number of carbonyl (C=O) groups is 1. The highest BCUT2D eigenvalue weighted by molar-refractivity contribution is 5.57. The Morgan fingerprint density at radius 2 is 2.26 bits per heavy atom. The normalized spacial score (nSPS) is 10.2. The van der Waals surface area contributed by atoms with E-state index >= 15 is 0 Å². The summed E-state index contributed by atoms with van der Waals surface area (Å²) < 4.78 is 9.47. The molecule has 1 rings (SSSR count). The molecule has 0 radical (unpaired) electrons. The second-order valence-corrected chi connectivity index (χ2v) is 3.35. The first-order valence-electron chi connectivity index (χ1n) is 5.09. The molecule has 102 valence electrons. The van der Waals surface area contributed by atoms with Gasteiger partial charge in [-0.15, -0.1) is 5.11 Å². The van der Waals surface area contributed by atoms with Crippen LogP contribution in [0.1, 0.15) is 0 Å². The average Bonchev–Trinajstić information content (AvgIpc) is 2.42. The molecule has 1 aromatic rings. The number of nitrogens with zero attached hydrogens (tertiary/aromatic N) is 4. The van der Waals surface area contributed by atoms with Crippen molar-refractivity contribution < 1.29 is 19.2 Å². The number of hydrogen-bond acceptors (Lipinski definition) is 7. The fourth-order valence-electron chi connectivity index (χ4n) is 1.16. The summed E-state index contributed by atoms with van der Waals surface area (Å²) in [6, 6.07) is 3.96. The van der Waals surface area contributed by atoms with Gasteiger partial charge in [0.15, 0.2) is 6.73 Å². The predicted octanol–water partition coefficient (Wildman–Crippen LogP) is 1.66. The molecule has 0 bridgehead atoms. The second kappa shape index (κ2) is 6.89. The van der Waals surface area contributed by atoms with Crippen LogP contribution in [-0.2, 0) is 9.53 Å². The molecule has 0 atom stereocenters. The van der Waals surface area contributed by atoms with Crippen LogP contribution in [0.3, 0.4) is 0 Å². The lowest BCUT2D eigenvalue weighted by Gasteiger charge is -2.09. The summed E-state index contributed by atoms with van der Waals surface area (Å²) in [7, 11) is 2.94. The fraction of sp³-hybridized carbons (Fsp3) is 0.300. The number of nitro benzene ring substituents is 1. The maximum absolute atomic E-state index is 10.7. The van der Waals surface area contributed by atoms with Gasteiger partial charge in [0.05, 0.1) is 12.0 Å². The van der Waals surface area contributed by atoms with Crippen LogP contribution in [0.5, 0.6) is 5.75 Å². The quantitative estimate of drug-likeness (QED) is 0.245. The highest BCUT2D eigenvalue weighted by Gasteiger charge is 2.11. The van der Waals surface area contributed by atoms with Crippen molar-refractivity contribution in [3.63, 3.8) is 0 Å². The van der Waals surface area contributed by atoms with Gasteiger partial charge in [0.2, 0.25) is 0 Å². The molecule has 0 amide bonds. The lowest BCUT2D eigenvalue weighted by Crippen LogP contribution is -2.13. The molecule has 0 heterocycles. The summed E-state index contributed by atoms with van der Waals surface area (Å²) >= 11 is 0. The van der Waals surface area contributed by atoms with E-state index in [0.29, 0.717) is 5.75 Å². The molecule has 9 heteroatoms. The molecule has 0 aliphatic carbocycles. The Kier molecular flexibility index (Phi) is 5.20. The Morgan fingerprint density at radius 3 is 2.84 bits per heavy atom. The van der Waals surface area contributed by atoms with E-state index in [1.165, 1.54) is 37.4 Å². The van der Waals surface area contributed by atoms with Gasteiger partial charge in [-0.1, -0.05) is 5.22 Å². The highest BCUT2D eigenvalue weighted by Crippen LogP contribution is 2.31. The maximum atomic E-state index is 10.7. The van der Waals surface area contributed by atoms with Crippen LogP contribution in [0.2, 0.25) is 0 Å². The molecule has 9 nitrogen and oxygen atoms in total. The molecule has 0 aromatic heterocycles. The number of benzene rings is 1. The third kappa shape index (κ3) is 4.22. The van der Waals surface area contributed by atoms with Crippen LogP contribution in [0, 0.1) is 10.1 Å². The smallest absolute Gasteiger partial charge is 0.294 e. The van der Waals surface area contributed by atoms with E-state index in [1.807, 2.05) is 0 Å². The average molecular weight is 268 g/mol. The highest BCUT2D eigenvalue weighted by atomic mass is 16.6. The first kappa shape index (κ1) is 14.4. The van der Waals surface area contributed by atoms with Crippen molar-refractivity contribution in [1.29, 1.82) is 0 Å². The molecule has 0 aliphatic rings. The fourth-order valence-corrected chi connectivity index (χ4v) is 1.16. The summed E-state index contributed by atoms with van der Waals surface area (Å²) in [5.74, 6) is 0.346. The van der Waals surface area contributed by atoms with E-state index < -0.39 is 4.92 Å². The number of non-ortho nitro benzene ring substituents is 1. The van der Waals surface area contributed by atoms with Crippen LogP contribution < -0.4 is 4.74 Å². The molecule has 0 spiro atoms. The van der Waals surface area contributed by atoms with Gasteiger partial charge in [0.1, 0.15) is 11.4 Å². The third-order valence-electron chi connectivity index (χ3n) is 2.01. The monoisotopic (exact) mass is 268 g/mol. The SMILES string of the molecule is COc1ccc([N+](=O)[O-])cc1/N=N/N(C)COC=O. The van der Waals surface area contributed by atoms with Crippen molar-refractivity contribution in [3.05, 3.63) is 28.3 Å². The zero-order valence-corrected chi connectivity index (χ0v) is 10.3. The first-order chi connectivity index (χ1) is 9.08. The van der Waals surface area contributed by atoms with Crippen LogP contribution in [0.25, 0.3) is 0 Å². The molecule has 19 heavy (non-hydrogen) atoms. The van der Waals surface area contributed by atoms with Crippen molar-refractivity contribution in [2.24, 2.45) is 10.3 Å². The summed E-state index contributed by atoms with van der Waals surface area (Å²) in [6.07, 6.45) is 0. The molecular weight excluding hydrogens is 256 g/mol. The van der Waals surface area contributed by atoms with Gasteiger partial charge in [0.25, 0.3) is 12.2 Å². The predicted molar refractivity (Wildman–Crippen MR) is 63.9 cm³/mol. The molecule has 0 saturated heterocycles. The lowest BCUT2D eigenvalue weighted by atomic mass is 10.2. The molecule has 0 unspecified atom stereocenters. The van der Waals surface area contributed by atoms with Gasteiger partial charge < -0.3 is 9.47 Å². The zero-order valence-electron chi connectivity index (χ0n) is 10.3. The number of ether oxygens (including phenoxy) is 2. The standard InChI is InChI=1S/C10H12N4O5/c1-13(6-19-7-15)12-11-9-5-8(14(16)17)3-4-10(9)18-2/h3-5,7H,6H2,1-2H3/b12-11+. The van der Waals surface area contributed by atoms with E-state index in [0.717, 1.165) is 0 Å². The molecule has 0 saturated carbocycles. The first-order valence-corrected chi connectivity index (χ1v) is 5.09. The van der Waals surface area contributed by atoms with Gasteiger partial charge >= 0.3 is 0 Å². The topological polar surface area (TPSA) is 107 Å². The van der Waals surface area contributed by atoms with Gasteiger partial charge in [-0.2, -0.15) is 0 Å².